The number of aromatic nitrogens is 2. The van der Waals surface area contributed by atoms with E-state index in [1.54, 1.807) is 0 Å². The standard InChI is InChI=1S/C22H33N7O.2C2HF3O2/c1-4-13(2)12-25-21(30)20-26-16-10-9-14(3)11-15(16)19(29-20)27-17-7-5-6-8-18(17)28-22(23)24;2*3-2(4,5)1(6)7/h9-11,13,17-18H,4-8,12H2,1-3H3,(H,25,30)(H4,23,24,28)(H,26,27,29);2*(H,6,7). The summed E-state index contributed by atoms with van der Waals surface area (Å²) in [5.41, 5.74) is 13.1. The highest BCUT2D eigenvalue weighted by Gasteiger charge is 2.39. The van der Waals surface area contributed by atoms with Gasteiger partial charge in [-0.3, -0.25) is 4.79 Å². The van der Waals surface area contributed by atoms with Gasteiger partial charge in [0.25, 0.3) is 5.91 Å². The van der Waals surface area contributed by atoms with Crippen LogP contribution in [0, 0.1) is 12.8 Å². The van der Waals surface area contributed by atoms with Crippen LogP contribution in [0.1, 0.15) is 62.1 Å². The molecule has 0 bridgehead atoms. The number of benzene rings is 1. The number of nitrogens with two attached hydrogens (primary N) is 2. The van der Waals surface area contributed by atoms with Gasteiger partial charge in [0.1, 0.15) is 5.82 Å². The number of carboxylic acids is 2. The van der Waals surface area contributed by atoms with Crippen LogP contribution in [0.4, 0.5) is 32.2 Å². The number of aliphatic carboxylic acids is 2. The lowest BCUT2D eigenvalue weighted by Gasteiger charge is -2.30. The largest absolute Gasteiger partial charge is 0.490 e. The maximum absolute atomic E-state index is 12.7. The average Bonchev–Trinajstić information content (AvgIpc) is 2.92. The van der Waals surface area contributed by atoms with Crippen LogP contribution in [0.3, 0.4) is 0 Å². The fourth-order valence-electron chi connectivity index (χ4n) is 3.75. The lowest BCUT2D eigenvalue weighted by Crippen LogP contribution is -2.38. The molecule has 1 amide bonds. The van der Waals surface area contributed by atoms with Gasteiger partial charge in [0, 0.05) is 11.9 Å². The van der Waals surface area contributed by atoms with Crippen LogP contribution in [-0.2, 0) is 9.59 Å². The Balaban J connectivity index is 0.000000574. The zero-order valence-electron chi connectivity index (χ0n) is 24.1. The monoisotopic (exact) mass is 639 g/mol. The molecule has 18 heteroatoms. The molecular weight excluding hydrogens is 604 g/mol. The van der Waals surface area contributed by atoms with Crippen LogP contribution in [0.5, 0.6) is 0 Å². The topological polar surface area (TPSA) is 206 Å². The van der Waals surface area contributed by atoms with Crippen LogP contribution >= 0.6 is 0 Å². The summed E-state index contributed by atoms with van der Waals surface area (Å²) in [4.78, 5) is 44.0. The van der Waals surface area contributed by atoms with E-state index in [0.29, 0.717) is 18.3 Å². The number of alkyl halides is 6. The molecule has 1 aliphatic rings. The summed E-state index contributed by atoms with van der Waals surface area (Å²) in [6.45, 7) is 6.83. The molecule has 0 aliphatic heterocycles. The zero-order valence-corrected chi connectivity index (χ0v) is 24.1. The third-order valence-electron chi connectivity index (χ3n) is 6.21. The number of nitrogens with zero attached hydrogens (tertiary/aromatic N) is 3. The first-order chi connectivity index (χ1) is 20.3. The first-order valence-corrected chi connectivity index (χ1v) is 13.3. The van der Waals surface area contributed by atoms with Gasteiger partial charge in [0.15, 0.2) is 5.96 Å². The predicted octanol–water partition coefficient (Wildman–Crippen LogP) is 3.98. The number of carbonyl (C=O) groups is 3. The van der Waals surface area contributed by atoms with Crippen LogP contribution in [0.15, 0.2) is 23.2 Å². The van der Waals surface area contributed by atoms with Crippen molar-refractivity contribution in [2.75, 3.05) is 11.9 Å². The summed E-state index contributed by atoms with van der Waals surface area (Å²) in [5, 5.41) is 21.6. The van der Waals surface area contributed by atoms with Gasteiger partial charge in [-0.2, -0.15) is 26.3 Å². The van der Waals surface area contributed by atoms with Crippen molar-refractivity contribution >= 4 is 40.5 Å². The molecule has 2 aromatic rings. The summed E-state index contributed by atoms with van der Waals surface area (Å²) in [6.07, 6.45) is -5.13. The maximum Gasteiger partial charge on any atom is 0.490 e. The van der Waals surface area contributed by atoms with E-state index >= 15 is 0 Å². The fourth-order valence-corrected chi connectivity index (χ4v) is 3.75. The predicted molar refractivity (Wildman–Crippen MR) is 149 cm³/mol. The molecule has 8 N–H and O–H groups in total. The van der Waals surface area contributed by atoms with Gasteiger partial charge in [-0.15, -0.1) is 0 Å². The van der Waals surface area contributed by atoms with Crippen molar-refractivity contribution in [3.63, 3.8) is 0 Å². The van der Waals surface area contributed by atoms with Crippen molar-refractivity contribution in [2.24, 2.45) is 22.4 Å². The molecule has 3 unspecified atom stereocenters. The first kappa shape index (κ1) is 37.6. The lowest BCUT2D eigenvalue weighted by atomic mass is 9.90. The average molecular weight is 640 g/mol. The minimum atomic E-state index is -5.08. The van der Waals surface area contributed by atoms with Crippen LogP contribution in [0.2, 0.25) is 0 Å². The third kappa shape index (κ3) is 12.9. The number of nitrogens with one attached hydrogen (secondary N) is 2. The van der Waals surface area contributed by atoms with Crippen molar-refractivity contribution in [3.8, 4) is 0 Å². The smallest absolute Gasteiger partial charge is 0.475 e. The van der Waals surface area contributed by atoms with E-state index in [-0.39, 0.29) is 29.8 Å². The number of carbonyl (C=O) groups excluding carboxylic acids is 1. The Hall–Kier alpha value is -4.38. The van der Waals surface area contributed by atoms with Crippen LogP contribution < -0.4 is 22.1 Å². The van der Waals surface area contributed by atoms with Crippen LogP contribution in [-0.4, -0.2) is 75.0 Å². The molecule has 1 heterocycles. The summed E-state index contributed by atoms with van der Waals surface area (Å²) >= 11 is 0. The van der Waals surface area contributed by atoms with Crippen molar-refractivity contribution in [3.05, 3.63) is 29.6 Å². The number of fused-ring (bicyclic) bond motifs is 1. The molecule has 1 aromatic carbocycles. The molecular formula is C26H35F6N7O5. The minimum Gasteiger partial charge on any atom is -0.475 e. The van der Waals surface area contributed by atoms with Crippen molar-refractivity contribution in [1.29, 1.82) is 0 Å². The van der Waals surface area contributed by atoms with Crippen LogP contribution in [0.25, 0.3) is 10.9 Å². The van der Waals surface area contributed by atoms with Gasteiger partial charge in [0.2, 0.25) is 5.82 Å². The number of halogens is 6. The zero-order chi connectivity index (χ0) is 33.8. The second kappa shape index (κ2) is 16.5. The number of amides is 1. The summed E-state index contributed by atoms with van der Waals surface area (Å²) in [5.74, 6) is -4.45. The van der Waals surface area contributed by atoms with E-state index < -0.39 is 24.3 Å². The quantitative estimate of drug-likeness (QED) is 0.146. The van der Waals surface area contributed by atoms with Gasteiger partial charge in [-0.05, 0) is 37.8 Å². The van der Waals surface area contributed by atoms with E-state index in [0.717, 1.165) is 48.6 Å². The van der Waals surface area contributed by atoms with Gasteiger partial charge < -0.3 is 32.3 Å². The van der Waals surface area contributed by atoms with Gasteiger partial charge >= 0.3 is 24.3 Å². The number of carboxylic acid groups (broad SMARTS) is 2. The number of aryl methyl sites for hydroxylation is 1. The molecule has 44 heavy (non-hydrogen) atoms. The number of anilines is 1. The second-order valence-electron chi connectivity index (χ2n) is 9.90. The normalized spacial score (nSPS) is 17.1. The molecule has 12 nitrogen and oxygen atoms in total. The molecule has 0 spiro atoms. The van der Waals surface area contributed by atoms with Crippen molar-refractivity contribution in [1.82, 2.24) is 15.3 Å². The van der Waals surface area contributed by atoms with Gasteiger partial charge in [-0.1, -0.05) is 44.7 Å². The van der Waals surface area contributed by atoms with Gasteiger partial charge in [-0.25, -0.2) is 24.5 Å². The highest BCUT2D eigenvalue weighted by Crippen LogP contribution is 2.28. The Morgan fingerprint density at radius 2 is 1.57 bits per heavy atom. The Bertz CT molecular complexity index is 1290. The van der Waals surface area contributed by atoms with E-state index in [9.17, 15) is 31.1 Å². The number of hydrogen-bond donors (Lipinski definition) is 6. The Morgan fingerprint density at radius 1 is 1.02 bits per heavy atom. The van der Waals surface area contributed by atoms with E-state index in [1.807, 2.05) is 25.1 Å². The molecule has 1 aromatic heterocycles. The Labute approximate surface area is 248 Å². The molecule has 1 aliphatic carbocycles. The molecule has 0 radical (unpaired) electrons. The first-order valence-electron chi connectivity index (χ1n) is 13.3. The lowest BCUT2D eigenvalue weighted by molar-refractivity contribution is -0.193. The maximum atomic E-state index is 12.7. The molecule has 0 saturated heterocycles. The fraction of sp³-hybridized carbons (Fsp3) is 0.538. The summed E-state index contributed by atoms with van der Waals surface area (Å²) in [7, 11) is 0. The number of hydrogen-bond acceptors (Lipinski definition) is 7. The van der Waals surface area contributed by atoms with E-state index in [1.165, 1.54) is 0 Å². The van der Waals surface area contributed by atoms with Crippen molar-refractivity contribution in [2.45, 2.75) is 77.3 Å². The van der Waals surface area contributed by atoms with E-state index in [2.05, 4.69) is 39.4 Å². The Kier molecular flexibility index (Phi) is 14.1. The highest BCUT2D eigenvalue weighted by molar-refractivity contribution is 5.96. The third-order valence-corrected chi connectivity index (χ3v) is 6.21. The number of rotatable bonds is 7. The molecule has 3 rings (SSSR count). The number of guanidine groups is 1. The minimum absolute atomic E-state index is 0.0127. The molecule has 246 valence electrons. The molecule has 1 saturated carbocycles. The SMILES string of the molecule is CCC(C)CNC(=O)c1nc(NC2CCCCC2N=C(N)N)c2cc(C)ccc2n1.O=C(O)C(F)(F)F.O=C(O)C(F)(F)F. The van der Waals surface area contributed by atoms with Gasteiger partial charge in [0.05, 0.1) is 17.6 Å². The summed E-state index contributed by atoms with van der Waals surface area (Å²) < 4.78 is 63.5. The van der Waals surface area contributed by atoms with E-state index in [4.69, 9.17) is 31.3 Å². The highest BCUT2D eigenvalue weighted by atomic mass is 19.4. The second-order valence-corrected chi connectivity index (χ2v) is 9.90. The summed E-state index contributed by atoms with van der Waals surface area (Å²) in [6, 6.07) is 5.99. The Morgan fingerprint density at radius 3 is 2.07 bits per heavy atom. The van der Waals surface area contributed by atoms with Crippen molar-refractivity contribution < 1.29 is 50.9 Å². The molecule has 1 fully saturated rings. The molecule has 3 atom stereocenters. The number of aliphatic imine (C=N–C) groups is 1.